The third-order valence-electron chi connectivity index (χ3n) is 3.99. The third-order valence-corrected chi connectivity index (χ3v) is 4.22. The van der Waals surface area contributed by atoms with Crippen LogP contribution in [0.4, 0.5) is 0 Å². The fourth-order valence-corrected chi connectivity index (χ4v) is 2.87. The second-order valence-electron chi connectivity index (χ2n) is 5.53. The molecule has 1 aromatic heterocycles. The molecule has 1 fully saturated rings. The lowest BCUT2D eigenvalue weighted by molar-refractivity contribution is 0.121. The van der Waals surface area contributed by atoms with E-state index in [1.807, 2.05) is 24.3 Å². The molecule has 0 amide bonds. The van der Waals surface area contributed by atoms with Crippen LogP contribution in [0.25, 0.3) is 11.3 Å². The molecule has 0 unspecified atom stereocenters. The van der Waals surface area contributed by atoms with Crippen LogP contribution >= 0.6 is 11.6 Å². The first kappa shape index (κ1) is 14.6. The molecule has 21 heavy (non-hydrogen) atoms. The summed E-state index contributed by atoms with van der Waals surface area (Å²) >= 11 is 5.99. The summed E-state index contributed by atoms with van der Waals surface area (Å²) < 4.78 is 5.82. The largest absolute Gasteiger partial charge is 0.439 e. The molecule has 2 aromatic rings. The number of aliphatic hydroxyl groups excluding tert-OH is 1. The van der Waals surface area contributed by atoms with E-state index >= 15 is 0 Å². The van der Waals surface area contributed by atoms with Crippen LogP contribution in [0, 0.1) is 5.92 Å². The lowest BCUT2D eigenvalue weighted by Gasteiger charge is -2.29. The van der Waals surface area contributed by atoms with Gasteiger partial charge in [-0.15, -0.1) is 0 Å². The number of piperidine rings is 1. The fourth-order valence-electron chi connectivity index (χ4n) is 2.68. The van der Waals surface area contributed by atoms with Gasteiger partial charge in [0.25, 0.3) is 0 Å². The van der Waals surface area contributed by atoms with E-state index in [1.165, 1.54) is 0 Å². The summed E-state index contributed by atoms with van der Waals surface area (Å²) in [5, 5.41) is 9.85. The normalized spacial score (nSPS) is 17.2. The number of hydrogen-bond donors (Lipinski definition) is 1. The molecule has 1 N–H and O–H groups in total. The molecule has 0 atom stereocenters. The maximum Gasteiger partial charge on any atom is 0.209 e. The number of aromatic nitrogens is 1. The Morgan fingerprint density at radius 1 is 1.33 bits per heavy atom. The van der Waals surface area contributed by atoms with Crippen molar-refractivity contribution < 1.29 is 9.52 Å². The lowest BCUT2D eigenvalue weighted by Crippen LogP contribution is -2.34. The van der Waals surface area contributed by atoms with Crippen LogP contribution in [0.1, 0.15) is 18.7 Å². The van der Waals surface area contributed by atoms with Crippen molar-refractivity contribution in [3.63, 3.8) is 0 Å². The predicted molar refractivity (Wildman–Crippen MR) is 82.0 cm³/mol. The topological polar surface area (TPSA) is 49.5 Å². The molecule has 5 heteroatoms. The van der Waals surface area contributed by atoms with Crippen LogP contribution in [0.3, 0.4) is 0 Å². The second-order valence-corrected chi connectivity index (χ2v) is 5.97. The minimum atomic E-state index is 0.297. The first-order valence-electron chi connectivity index (χ1n) is 7.28. The maximum absolute atomic E-state index is 9.16. The Labute approximate surface area is 129 Å². The number of nitrogens with zero attached hydrogens (tertiary/aromatic N) is 2. The van der Waals surface area contributed by atoms with E-state index in [0.717, 1.165) is 49.7 Å². The molecule has 0 bridgehead atoms. The molecule has 0 aliphatic carbocycles. The van der Waals surface area contributed by atoms with Crippen molar-refractivity contribution in [2.24, 2.45) is 5.92 Å². The fraction of sp³-hybridized carbons (Fsp3) is 0.438. The van der Waals surface area contributed by atoms with E-state index in [4.69, 9.17) is 21.1 Å². The third kappa shape index (κ3) is 3.64. The highest BCUT2D eigenvalue weighted by atomic mass is 35.5. The molecule has 1 aliphatic heterocycles. The molecule has 0 saturated carbocycles. The Kier molecular flexibility index (Phi) is 4.58. The predicted octanol–water partition coefficient (Wildman–Crippen LogP) is 3.20. The number of benzene rings is 1. The summed E-state index contributed by atoms with van der Waals surface area (Å²) in [6, 6.07) is 7.58. The first-order chi connectivity index (χ1) is 10.2. The van der Waals surface area contributed by atoms with Crippen LogP contribution in [0.5, 0.6) is 0 Å². The summed E-state index contributed by atoms with van der Waals surface area (Å²) in [6.07, 6.45) is 3.83. The van der Waals surface area contributed by atoms with E-state index in [9.17, 15) is 0 Å². The second kappa shape index (κ2) is 6.60. The van der Waals surface area contributed by atoms with Gasteiger partial charge >= 0.3 is 0 Å². The van der Waals surface area contributed by atoms with E-state index in [2.05, 4.69) is 9.88 Å². The zero-order valence-corrected chi connectivity index (χ0v) is 12.6. The number of aliphatic hydroxyl groups is 1. The Hall–Kier alpha value is -1.36. The van der Waals surface area contributed by atoms with Gasteiger partial charge in [-0.1, -0.05) is 23.7 Å². The van der Waals surface area contributed by atoms with Crippen LogP contribution < -0.4 is 0 Å². The number of likely N-dealkylation sites (tertiary alicyclic amines) is 1. The molecule has 1 saturated heterocycles. The Balaban J connectivity index is 1.63. The SMILES string of the molecule is OCC1CCN(Cc2ncc(-c3cccc(Cl)c3)o2)CC1. The molecule has 0 radical (unpaired) electrons. The van der Waals surface area contributed by atoms with Gasteiger partial charge in [-0.2, -0.15) is 0 Å². The molecule has 3 rings (SSSR count). The van der Waals surface area contributed by atoms with Gasteiger partial charge in [0, 0.05) is 17.2 Å². The number of rotatable bonds is 4. The van der Waals surface area contributed by atoms with E-state index in [0.29, 0.717) is 17.5 Å². The highest BCUT2D eigenvalue weighted by Crippen LogP contribution is 2.24. The van der Waals surface area contributed by atoms with E-state index < -0.39 is 0 Å². The molecule has 4 nitrogen and oxygen atoms in total. The maximum atomic E-state index is 9.16. The van der Waals surface area contributed by atoms with Crippen molar-refractivity contribution >= 4 is 11.6 Å². The van der Waals surface area contributed by atoms with Crippen molar-refractivity contribution in [1.29, 1.82) is 0 Å². The highest BCUT2D eigenvalue weighted by Gasteiger charge is 2.20. The summed E-state index contributed by atoms with van der Waals surface area (Å²) in [5.74, 6) is 1.93. The molecule has 112 valence electrons. The lowest BCUT2D eigenvalue weighted by atomic mass is 9.98. The average molecular weight is 307 g/mol. The molecule has 1 aliphatic rings. The van der Waals surface area contributed by atoms with Crippen LogP contribution in [0.2, 0.25) is 5.02 Å². The quantitative estimate of drug-likeness (QED) is 0.942. The van der Waals surface area contributed by atoms with Crippen LogP contribution in [0.15, 0.2) is 34.9 Å². The number of hydrogen-bond acceptors (Lipinski definition) is 4. The monoisotopic (exact) mass is 306 g/mol. The minimum Gasteiger partial charge on any atom is -0.439 e. The summed E-state index contributed by atoms with van der Waals surface area (Å²) in [5.41, 5.74) is 0.945. The Morgan fingerprint density at radius 3 is 2.86 bits per heavy atom. The van der Waals surface area contributed by atoms with Crippen molar-refractivity contribution in [1.82, 2.24) is 9.88 Å². The molecule has 2 heterocycles. The zero-order chi connectivity index (χ0) is 14.7. The summed E-state index contributed by atoms with van der Waals surface area (Å²) in [4.78, 5) is 6.67. The van der Waals surface area contributed by atoms with Crippen molar-refractivity contribution in [3.8, 4) is 11.3 Å². The van der Waals surface area contributed by atoms with Crippen LogP contribution in [-0.4, -0.2) is 34.7 Å². The van der Waals surface area contributed by atoms with Gasteiger partial charge in [-0.05, 0) is 44.0 Å². The Bertz CT molecular complexity index is 591. The van der Waals surface area contributed by atoms with E-state index in [-0.39, 0.29) is 0 Å². The standard InChI is InChI=1S/C16H19ClN2O2/c17-14-3-1-2-13(8-14)15-9-18-16(21-15)10-19-6-4-12(11-20)5-7-19/h1-3,8-9,12,20H,4-7,10-11H2. The zero-order valence-electron chi connectivity index (χ0n) is 11.8. The van der Waals surface area contributed by atoms with Gasteiger partial charge in [0.05, 0.1) is 12.7 Å². The molecular formula is C16H19ClN2O2. The molecule has 0 spiro atoms. The van der Waals surface area contributed by atoms with Gasteiger partial charge in [-0.3, -0.25) is 4.90 Å². The van der Waals surface area contributed by atoms with E-state index in [1.54, 1.807) is 6.20 Å². The molecule has 1 aromatic carbocycles. The van der Waals surface area contributed by atoms with Gasteiger partial charge in [0.15, 0.2) is 5.76 Å². The molecular weight excluding hydrogens is 288 g/mol. The van der Waals surface area contributed by atoms with Gasteiger partial charge in [-0.25, -0.2) is 4.98 Å². The highest BCUT2D eigenvalue weighted by molar-refractivity contribution is 6.30. The smallest absolute Gasteiger partial charge is 0.209 e. The number of oxazole rings is 1. The average Bonchev–Trinajstić information content (AvgIpc) is 2.97. The van der Waals surface area contributed by atoms with Crippen LogP contribution in [-0.2, 0) is 6.54 Å². The first-order valence-corrected chi connectivity index (χ1v) is 7.66. The number of halogens is 1. The van der Waals surface area contributed by atoms with Crippen molar-refractivity contribution in [3.05, 3.63) is 41.4 Å². The Morgan fingerprint density at radius 2 is 2.14 bits per heavy atom. The summed E-state index contributed by atoms with van der Waals surface area (Å²) in [7, 11) is 0. The van der Waals surface area contributed by atoms with Gasteiger partial charge in [0.1, 0.15) is 0 Å². The minimum absolute atomic E-state index is 0.297. The van der Waals surface area contributed by atoms with Crippen molar-refractivity contribution in [2.45, 2.75) is 19.4 Å². The summed E-state index contributed by atoms with van der Waals surface area (Å²) in [6.45, 7) is 2.99. The van der Waals surface area contributed by atoms with Gasteiger partial charge < -0.3 is 9.52 Å². The van der Waals surface area contributed by atoms with Gasteiger partial charge in [0.2, 0.25) is 5.89 Å². The van der Waals surface area contributed by atoms with Crippen molar-refractivity contribution in [2.75, 3.05) is 19.7 Å².